The van der Waals surface area contributed by atoms with E-state index in [2.05, 4.69) is 9.97 Å². The van der Waals surface area contributed by atoms with Crippen LogP contribution in [0, 0.1) is 6.92 Å². The molecule has 0 fully saturated rings. The molecule has 1 N–H and O–H groups in total. The van der Waals surface area contributed by atoms with Crippen LogP contribution < -0.4 is 5.56 Å². The van der Waals surface area contributed by atoms with Crippen LogP contribution in [0.25, 0.3) is 21.3 Å². The second-order valence-corrected chi connectivity index (χ2v) is 8.97. The number of thioether (sulfide) groups is 1. The topological polar surface area (TPSA) is 58.6 Å². The van der Waals surface area contributed by atoms with Crippen molar-refractivity contribution < 1.29 is 0 Å². The molecule has 0 aliphatic carbocycles. The van der Waals surface area contributed by atoms with E-state index in [1.54, 1.807) is 23.1 Å². The average molecular weight is 386 g/mol. The van der Waals surface area contributed by atoms with Gasteiger partial charge in [0, 0.05) is 22.0 Å². The molecule has 4 rings (SSSR count). The van der Waals surface area contributed by atoms with Crippen molar-refractivity contribution in [2.24, 2.45) is 0 Å². The lowest BCUT2D eigenvalue weighted by Gasteiger charge is -2.08. The number of H-pyrrole nitrogens is 1. The smallest absolute Gasteiger partial charge is 0.260 e. The highest BCUT2D eigenvalue weighted by Crippen LogP contribution is 2.36. The Hall–Kier alpha value is -1.96. The highest BCUT2D eigenvalue weighted by molar-refractivity contribution is 8.01. The van der Waals surface area contributed by atoms with Crippen LogP contribution in [0.4, 0.5) is 0 Å². The number of hydrogen-bond donors (Lipinski definition) is 1. The molecular weight excluding hydrogens is 370 g/mol. The largest absolute Gasteiger partial charge is 0.309 e. The van der Waals surface area contributed by atoms with Gasteiger partial charge in [-0.3, -0.25) is 4.79 Å². The van der Waals surface area contributed by atoms with E-state index in [1.165, 1.54) is 11.3 Å². The third kappa shape index (κ3) is 3.27. The Balaban J connectivity index is 1.72. The van der Waals surface area contributed by atoms with Gasteiger partial charge in [0.1, 0.15) is 10.7 Å². The first kappa shape index (κ1) is 16.5. The van der Waals surface area contributed by atoms with Gasteiger partial charge in [-0.2, -0.15) is 0 Å². The molecule has 0 radical (unpaired) electrons. The first-order chi connectivity index (χ1) is 12.1. The molecule has 0 saturated carbocycles. The summed E-state index contributed by atoms with van der Waals surface area (Å²) in [6.07, 6.45) is 0. The second-order valence-electron chi connectivity index (χ2n) is 5.66. The molecule has 0 bridgehead atoms. The minimum Gasteiger partial charge on any atom is -0.309 e. The maximum atomic E-state index is 12.7. The molecular formula is C18H15N3OS3. The molecule has 1 aromatic carbocycles. The van der Waals surface area contributed by atoms with Crippen molar-refractivity contribution in [1.29, 1.82) is 0 Å². The molecule has 126 valence electrons. The lowest BCUT2D eigenvalue weighted by molar-refractivity contribution is 0.924. The minimum absolute atomic E-state index is 0.0323. The Morgan fingerprint density at radius 1 is 1.12 bits per heavy atom. The molecule has 0 amide bonds. The van der Waals surface area contributed by atoms with Crippen LogP contribution in [0.3, 0.4) is 0 Å². The van der Waals surface area contributed by atoms with E-state index in [9.17, 15) is 4.79 Å². The number of thiophene rings is 1. The lowest BCUT2D eigenvalue weighted by Crippen LogP contribution is -2.12. The number of rotatable bonds is 4. The van der Waals surface area contributed by atoms with E-state index in [0.29, 0.717) is 11.2 Å². The molecule has 0 spiro atoms. The number of benzene rings is 1. The quantitative estimate of drug-likeness (QED) is 0.486. The number of thiazole rings is 1. The number of aromatic nitrogens is 3. The Morgan fingerprint density at radius 3 is 2.64 bits per heavy atom. The van der Waals surface area contributed by atoms with Gasteiger partial charge in [0.15, 0.2) is 4.34 Å². The van der Waals surface area contributed by atoms with Gasteiger partial charge in [-0.05, 0) is 19.4 Å². The lowest BCUT2D eigenvalue weighted by atomic mass is 10.1. The Bertz CT molecular complexity index is 1080. The van der Waals surface area contributed by atoms with E-state index >= 15 is 0 Å². The van der Waals surface area contributed by atoms with Gasteiger partial charge in [-0.25, -0.2) is 9.97 Å². The summed E-state index contributed by atoms with van der Waals surface area (Å²) in [5, 5.41) is 4.74. The normalized spacial score (nSPS) is 12.6. The van der Waals surface area contributed by atoms with Crippen LogP contribution >= 0.6 is 34.4 Å². The van der Waals surface area contributed by atoms with Crippen molar-refractivity contribution >= 4 is 44.7 Å². The molecule has 4 aromatic rings. The SMILES string of the molecule is Cc1csc(S[C@@H](C)c2nc3scc(-c4ccccc4)c3c(=O)[nH]2)n1. The molecule has 25 heavy (non-hydrogen) atoms. The summed E-state index contributed by atoms with van der Waals surface area (Å²) in [4.78, 5) is 25.6. The zero-order chi connectivity index (χ0) is 17.4. The van der Waals surface area contributed by atoms with E-state index in [-0.39, 0.29) is 10.8 Å². The third-order valence-corrected chi connectivity index (χ3v) is 6.88. The van der Waals surface area contributed by atoms with Gasteiger partial charge in [0.25, 0.3) is 5.56 Å². The van der Waals surface area contributed by atoms with E-state index in [0.717, 1.165) is 26.0 Å². The Kier molecular flexibility index (Phi) is 4.45. The van der Waals surface area contributed by atoms with Gasteiger partial charge >= 0.3 is 0 Å². The van der Waals surface area contributed by atoms with Crippen LogP contribution in [-0.2, 0) is 0 Å². The number of fused-ring (bicyclic) bond motifs is 1. The first-order valence-electron chi connectivity index (χ1n) is 7.77. The van der Waals surface area contributed by atoms with E-state index in [4.69, 9.17) is 4.98 Å². The Morgan fingerprint density at radius 2 is 1.92 bits per heavy atom. The maximum Gasteiger partial charge on any atom is 0.260 e. The van der Waals surface area contributed by atoms with Crippen molar-refractivity contribution in [3.8, 4) is 11.1 Å². The number of aromatic amines is 1. The van der Waals surface area contributed by atoms with Crippen LogP contribution in [0.2, 0.25) is 0 Å². The van der Waals surface area contributed by atoms with Crippen molar-refractivity contribution in [1.82, 2.24) is 15.0 Å². The van der Waals surface area contributed by atoms with E-state index < -0.39 is 0 Å². The molecule has 3 heterocycles. The van der Waals surface area contributed by atoms with Gasteiger partial charge in [0.2, 0.25) is 0 Å². The molecule has 0 unspecified atom stereocenters. The minimum atomic E-state index is -0.0807. The summed E-state index contributed by atoms with van der Waals surface area (Å²) in [6.45, 7) is 4.02. The van der Waals surface area contributed by atoms with Gasteiger partial charge < -0.3 is 4.98 Å². The summed E-state index contributed by atoms with van der Waals surface area (Å²) < 4.78 is 0.990. The predicted molar refractivity (Wildman–Crippen MR) is 107 cm³/mol. The summed E-state index contributed by atoms with van der Waals surface area (Å²) >= 11 is 4.75. The molecule has 4 nitrogen and oxygen atoms in total. The zero-order valence-electron chi connectivity index (χ0n) is 13.6. The summed E-state index contributed by atoms with van der Waals surface area (Å²) in [6, 6.07) is 9.95. The van der Waals surface area contributed by atoms with Crippen molar-refractivity contribution in [3.05, 3.63) is 63.0 Å². The number of hydrogen-bond acceptors (Lipinski definition) is 6. The second kappa shape index (κ2) is 6.74. The molecule has 0 aliphatic rings. The summed E-state index contributed by atoms with van der Waals surface area (Å²) in [5.41, 5.74) is 2.91. The third-order valence-electron chi connectivity index (χ3n) is 3.81. The van der Waals surface area contributed by atoms with Crippen LogP contribution in [0.5, 0.6) is 0 Å². The fourth-order valence-electron chi connectivity index (χ4n) is 2.58. The molecule has 7 heteroatoms. The standard InChI is InChI=1S/C18H15N3OS3/c1-10-8-24-18(19-10)25-11(2)15-20-16(22)14-13(9-23-17(14)21-15)12-6-4-3-5-7-12/h3-9,11H,1-2H3,(H,20,21,22)/t11-/m0/s1. The first-order valence-corrected chi connectivity index (χ1v) is 10.4. The van der Waals surface area contributed by atoms with Crippen LogP contribution in [0.1, 0.15) is 23.7 Å². The van der Waals surface area contributed by atoms with Crippen molar-refractivity contribution in [2.75, 3.05) is 0 Å². The maximum absolute atomic E-state index is 12.7. The average Bonchev–Trinajstić information content (AvgIpc) is 3.22. The van der Waals surface area contributed by atoms with Crippen LogP contribution in [0.15, 0.2) is 50.2 Å². The fraction of sp³-hybridized carbons (Fsp3) is 0.167. The molecule has 0 saturated heterocycles. The monoisotopic (exact) mass is 385 g/mol. The predicted octanol–water partition coefficient (Wildman–Crippen LogP) is 5.27. The zero-order valence-corrected chi connectivity index (χ0v) is 16.1. The molecule has 1 atom stereocenters. The highest BCUT2D eigenvalue weighted by atomic mass is 32.2. The van der Waals surface area contributed by atoms with Crippen LogP contribution in [-0.4, -0.2) is 15.0 Å². The van der Waals surface area contributed by atoms with Crippen molar-refractivity contribution in [2.45, 2.75) is 23.4 Å². The number of nitrogens with one attached hydrogen (secondary N) is 1. The van der Waals surface area contributed by atoms with Crippen molar-refractivity contribution in [3.63, 3.8) is 0 Å². The molecule has 3 aromatic heterocycles. The summed E-state index contributed by atoms with van der Waals surface area (Å²) in [7, 11) is 0. The van der Waals surface area contributed by atoms with E-state index in [1.807, 2.05) is 54.9 Å². The molecule has 0 aliphatic heterocycles. The number of nitrogens with zero attached hydrogens (tertiary/aromatic N) is 2. The van der Waals surface area contributed by atoms with Gasteiger partial charge in [0.05, 0.1) is 10.6 Å². The van der Waals surface area contributed by atoms with Gasteiger partial charge in [-0.1, -0.05) is 42.1 Å². The van der Waals surface area contributed by atoms with Gasteiger partial charge in [-0.15, -0.1) is 22.7 Å². The Labute approximate surface area is 157 Å². The fourth-order valence-corrected chi connectivity index (χ4v) is 5.58. The highest BCUT2D eigenvalue weighted by Gasteiger charge is 2.17. The number of aryl methyl sites for hydroxylation is 1. The summed E-state index contributed by atoms with van der Waals surface area (Å²) in [5.74, 6) is 0.691.